The zero-order valence-corrected chi connectivity index (χ0v) is 19.6. The first-order valence-corrected chi connectivity index (χ1v) is 11.3. The predicted octanol–water partition coefficient (Wildman–Crippen LogP) is 9.31. The highest BCUT2D eigenvalue weighted by atomic mass is 19.3. The minimum Gasteiger partial charge on any atom is -0.429 e. The maximum absolute atomic E-state index is 15.0. The van der Waals surface area contributed by atoms with E-state index in [1.807, 2.05) is 49.4 Å². The summed E-state index contributed by atoms with van der Waals surface area (Å²) in [6.07, 6.45) is -4.52. The van der Waals surface area contributed by atoms with Gasteiger partial charge in [0.25, 0.3) is 0 Å². The van der Waals surface area contributed by atoms with E-state index in [9.17, 15) is 30.7 Å². The number of alkyl halides is 2. The normalized spacial score (nSPS) is 11.7. The van der Waals surface area contributed by atoms with Crippen LogP contribution in [-0.2, 0) is 6.11 Å². The molecular formula is C30H17F7O. The van der Waals surface area contributed by atoms with Gasteiger partial charge in [0.1, 0.15) is 11.3 Å². The van der Waals surface area contributed by atoms with Gasteiger partial charge in [-0.25, -0.2) is 22.0 Å². The Hall–Kier alpha value is -4.33. The van der Waals surface area contributed by atoms with Gasteiger partial charge in [0.15, 0.2) is 29.1 Å². The Balaban J connectivity index is 1.46. The summed E-state index contributed by atoms with van der Waals surface area (Å²) >= 11 is 0. The molecule has 0 fully saturated rings. The molecule has 1 nitrogen and oxygen atoms in total. The molecule has 0 saturated heterocycles. The average Bonchev–Trinajstić information content (AvgIpc) is 2.88. The number of hydrogen-bond donors (Lipinski definition) is 0. The van der Waals surface area contributed by atoms with Crippen LogP contribution in [0.5, 0.6) is 5.75 Å². The number of halogens is 7. The summed E-state index contributed by atoms with van der Waals surface area (Å²) in [7, 11) is 0. The van der Waals surface area contributed by atoms with E-state index in [1.54, 1.807) is 12.1 Å². The fourth-order valence-corrected chi connectivity index (χ4v) is 4.13. The highest BCUT2D eigenvalue weighted by Gasteiger charge is 2.40. The minimum atomic E-state index is -4.52. The van der Waals surface area contributed by atoms with Crippen molar-refractivity contribution < 1.29 is 35.5 Å². The van der Waals surface area contributed by atoms with Gasteiger partial charge < -0.3 is 4.74 Å². The van der Waals surface area contributed by atoms with Crippen LogP contribution in [-0.4, -0.2) is 0 Å². The summed E-state index contributed by atoms with van der Waals surface area (Å²) in [6.45, 7) is 1.99. The first kappa shape index (κ1) is 25.3. The highest BCUT2D eigenvalue weighted by molar-refractivity contribution is 5.91. The number of hydrogen-bond acceptors (Lipinski definition) is 1. The lowest BCUT2D eigenvalue weighted by molar-refractivity contribution is -0.187. The van der Waals surface area contributed by atoms with E-state index in [0.717, 1.165) is 33.5 Å². The molecule has 0 aromatic heterocycles. The zero-order chi connectivity index (χ0) is 27.2. The molecule has 0 spiro atoms. The van der Waals surface area contributed by atoms with E-state index < -0.39 is 46.5 Å². The molecule has 5 aromatic carbocycles. The van der Waals surface area contributed by atoms with Crippen LogP contribution in [0.2, 0.25) is 0 Å². The third kappa shape index (κ3) is 4.69. The van der Waals surface area contributed by atoms with Crippen molar-refractivity contribution in [2.75, 3.05) is 0 Å². The van der Waals surface area contributed by atoms with Crippen LogP contribution < -0.4 is 4.74 Å². The molecule has 38 heavy (non-hydrogen) atoms. The molecule has 0 unspecified atom stereocenters. The van der Waals surface area contributed by atoms with Crippen molar-refractivity contribution in [3.63, 3.8) is 0 Å². The quantitative estimate of drug-likeness (QED) is 0.164. The molecule has 5 rings (SSSR count). The molecule has 0 aliphatic rings. The van der Waals surface area contributed by atoms with Crippen LogP contribution in [0.4, 0.5) is 30.7 Å². The molecule has 5 aromatic rings. The lowest BCUT2D eigenvalue weighted by atomic mass is 9.96. The SMILES string of the molecule is Cc1ccc(-c2ccc3cc(-c4ccc(C(F)(F)Oc5cc(F)c(F)c(F)c5)c(F)c4F)ccc3c2)cc1. The molecule has 0 radical (unpaired) electrons. The number of benzene rings is 5. The molecule has 0 atom stereocenters. The van der Waals surface area contributed by atoms with E-state index in [4.69, 9.17) is 0 Å². The van der Waals surface area contributed by atoms with Crippen molar-refractivity contribution in [1.82, 2.24) is 0 Å². The van der Waals surface area contributed by atoms with Crippen LogP contribution in [0.25, 0.3) is 33.0 Å². The Morgan fingerprint density at radius 3 is 1.74 bits per heavy atom. The second-order valence-corrected chi connectivity index (χ2v) is 8.75. The summed E-state index contributed by atoms with van der Waals surface area (Å²) in [4.78, 5) is 0. The van der Waals surface area contributed by atoms with Gasteiger partial charge >= 0.3 is 6.11 Å². The van der Waals surface area contributed by atoms with Crippen molar-refractivity contribution in [2.24, 2.45) is 0 Å². The summed E-state index contributed by atoms with van der Waals surface area (Å²) in [5, 5.41) is 1.55. The topological polar surface area (TPSA) is 9.23 Å². The van der Waals surface area contributed by atoms with Crippen LogP contribution in [0.15, 0.2) is 84.9 Å². The van der Waals surface area contributed by atoms with Gasteiger partial charge in [-0.2, -0.15) is 8.78 Å². The number of aryl methyl sites for hydroxylation is 1. The van der Waals surface area contributed by atoms with Crippen molar-refractivity contribution in [2.45, 2.75) is 13.0 Å². The van der Waals surface area contributed by atoms with Gasteiger partial charge in [-0.15, -0.1) is 0 Å². The number of rotatable bonds is 5. The monoisotopic (exact) mass is 526 g/mol. The molecule has 0 bridgehead atoms. The second kappa shape index (κ2) is 9.52. The third-order valence-corrected chi connectivity index (χ3v) is 6.14. The fraction of sp³-hybridized carbons (Fsp3) is 0.0667. The first-order valence-electron chi connectivity index (χ1n) is 11.3. The smallest absolute Gasteiger partial charge is 0.429 e. The van der Waals surface area contributed by atoms with E-state index >= 15 is 0 Å². The van der Waals surface area contributed by atoms with E-state index in [1.165, 1.54) is 6.07 Å². The van der Waals surface area contributed by atoms with Crippen molar-refractivity contribution >= 4 is 10.8 Å². The van der Waals surface area contributed by atoms with Crippen LogP contribution in [0.1, 0.15) is 11.1 Å². The highest BCUT2D eigenvalue weighted by Crippen LogP contribution is 2.38. The maximum Gasteiger partial charge on any atom is 0.429 e. The molecule has 0 amide bonds. The number of fused-ring (bicyclic) bond motifs is 1. The van der Waals surface area contributed by atoms with Crippen LogP contribution >= 0.6 is 0 Å². The maximum atomic E-state index is 15.0. The lowest BCUT2D eigenvalue weighted by Crippen LogP contribution is -2.24. The van der Waals surface area contributed by atoms with Crippen LogP contribution in [0.3, 0.4) is 0 Å². The second-order valence-electron chi connectivity index (χ2n) is 8.75. The third-order valence-electron chi connectivity index (χ3n) is 6.14. The fourth-order valence-electron chi connectivity index (χ4n) is 4.13. The standard InChI is InChI=1S/C30H17F7O/c1-16-2-4-17(5-3-16)18-6-7-20-13-21(9-8-19(20)12-18)23-10-11-24(28(34)27(23)33)30(36,37)38-22-14-25(31)29(35)26(32)15-22/h2-15H,1H3. The predicted molar refractivity (Wildman–Crippen MR) is 130 cm³/mol. The van der Waals surface area contributed by atoms with Gasteiger partial charge in [-0.3, -0.25) is 0 Å². The van der Waals surface area contributed by atoms with Gasteiger partial charge in [0.05, 0.1) is 0 Å². The van der Waals surface area contributed by atoms with Gasteiger partial charge in [0.2, 0.25) is 0 Å². The molecule has 0 saturated carbocycles. The van der Waals surface area contributed by atoms with Crippen molar-refractivity contribution in [3.8, 4) is 28.0 Å². The summed E-state index contributed by atoms with van der Waals surface area (Å²) in [6, 6.07) is 20.4. The summed E-state index contributed by atoms with van der Waals surface area (Å²) < 4.78 is 103. The molecular weight excluding hydrogens is 509 g/mol. The van der Waals surface area contributed by atoms with E-state index in [2.05, 4.69) is 4.74 Å². The van der Waals surface area contributed by atoms with Gasteiger partial charge in [-0.1, -0.05) is 60.2 Å². The molecule has 192 valence electrons. The minimum absolute atomic E-state index is 0.175. The van der Waals surface area contributed by atoms with Gasteiger partial charge in [0, 0.05) is 17.7 Å². The van der Waals surface area contributed by atoms with Gasteiger partial charge in [-0.05, 0) is 52.6 Å². The van der Waals surface area contributed by atoms with Crippen LogP contribution in [0, 0.1) is 36.0 Å². The molecule has 0 aliphatic heterocycles. The number of ether oxygens (including phenoxy) is 1. The summed E-state index contributed by atoms with van der Waals surface area (Å²) in [5.74, 6) is -10.00. The first-order chi connectivity index (χ1) is 18.0. The zero-order valence-electron chi connectivity index (χ0n) is 19.6. The van der Waals surface area contributed by atoms with Crippen molar-refractivity contribution in [1.29, 1.82) is 0 Å². The lowest BCUT2D eigenvalue weighted by Gasteiger charge is -2.20. The average molecular weight is 526 g/mol. The Morgan fingerprint density at radius 1 is 0.553 bits per heavy atom. The summed E-state index contributed by atoms with van der Waals surface area (Å²) in [5.41, 5.74) is 1.59. The van der Waals surface area contributed by atoms with E-state index in [0.29, 0.717) is 6.07 Å². The Morgan fingerprint density at radius 2 is 1.11 bits per heavy atom. The molecule has 0 heterocycles. The molecule has 0 aliphatic carbocycles. The Kier molecular flexibility index (Phi) is 6.34. The van der Waals surface area contributed by atoms with Crippen molar-refractivity contribution in [3.05, 3.63) is 125 Å². The Bertz CT molecular complexity index is 1650. The van der Waals surface area contributed by atoms with E-state index in [-0.39, 0.29) is 23.3 Å². The Labute approximate surface area is 212 Å². The molecule has 0 N–H and O–H groups in total. The largest absolute Gasteiger partial charge is 0.429 e. The molecule has 8 heteroatoms.